The Kier molecular flexibility index (Phi) is 3.11. The summed E-state index contributed by atoms with van der Waals surface area (Å²) < 4.78 is 0. The first kappa shape index (κ1) is 13.9. The van der Waals surface area contributed by atoms with Crippen molar-refractivity contribution in [3.05, 3.63) is 34.9 Å². The zero-order valence-corrected chi connectivity index (χ0v) is 13.0. The molecule has 1 heterocycles. The summed E-state index contributed by atoms with van der Waals surface area (Å²) in [5, 5.41) is 4.26. The molecule has 0 bridgehead atoms. The van der Waals surface area contributed by atoms with Crippen molar-refractivity contribution in [1.82, 2.24) is 10.2 Å². The number of hydrogen-bond donors (Lipinski definition) is 1. The monoisotopic (exact) mass is 292 g/mol. The molecule has 20 heavy (non-hydrogen) atoms. The molecule has 3 nitrogen and oxygen atoms in total. The first-order chi connectivity index (χ1) is 9.31. The predicted octanol–water partition coefficient (Wildman–Crippen LogP) is 3.35. The zero-order valence-electron chi connectivity index (χ0n) is 12.2. The second kappa shape index (κ2) is 4.47. The van der Waals surface area contributed by atoms with E-state index in [2.05, 4.69) is 26.1 Å². The quantitative estimate of drug-likeness (QED) is 0.906. The smallest absolute Gasteiger partial charge is 0.244 e. The van der Waals surface area contributed by atoms with Gasteiger partial charge in [-0.05, 0) is 36.0 Å². The molecule has 1 saturated heterocycles. The van der Waals surface area contributed by atoms with Gasteiger partial charge in [0.15, 0.2) is 0 Å². The normalized spacial score (nSPS) is 24.5. The van der Waals surface area contributed by atoms with Crippen LogP contribution in [0.5, 0.6) is 0 Å². The highest BCUT2D eigenvalue weighted by molar-refractivity contribution is 6.30. The second-order valence-electron chi connectivity index (χ2n) is 7.17. The Hall–Kier alpha value is -1.06. The van der Waals surface area contributed by atoms with Crippen LogP contribution in [0.2, 0.25) is 5.02 Å². The summed E-state index contributed by atoms with van der Waals surface area (Å²) in [6.45, 7) is 7.25. The number of hydrogen-bond acceptors (Lipinski definition) is 2. The van der Waals surface area contributed by atoms with Crippen LogP contribution in [0.15, 0.2) is 24.3 Å². The maximum Gasteiger partial charge on any atom is 0.244 e. The Bertz CT molecular complexity index is 528. The van der Waals surface area contributed by atoms with Crippen molar-refractivity contribution in [2.45, 2.75) is 45.3 Å². The predicted molar refractivity (Wildman–Crippen MR) is 80.5 cm³/mol. The molecule has 0 radical (unpaired) electrons. The lowest BCUT2D eigenvalue weighted by Crippen LogP contribution is -2.38. The molecule has 1 aromatic rings. The van der Waals surface area contributed by atoms with Gasteiger partial charge < -0.3 is 4.90 Å². The third-order valence-electron chi connectivity index (χ3n) is 3.98. The van der Waals surface area contributed by atoms with Gasteiger partial charge in [0.1, 0.15) is 11.7 Å². The summed E-state index contributed by atoms with van der Waals surface area (Å²) in [6, 6.07) is 7.78. The van der Waals surface area contributed by atoms with Gasteiger partial charge in [0.05, 0.1) is 0 Å². The van der Waals surface area contributed by atoms with E-state index in [1.54, 1.807) is 0 Å². The molecule has 4 heteroatoms. The van der Waals surface area contributed by atoms with E-state index in [-0.39, 0.29) is 23.0 Å². The van der Waals surface area contributed by atoms with E-state index in [0.717, 1.165) is 30.0 Å². The van der Waals surface area contributed by atoms with Gasteiger partial charge in [-0.2, -0.15) is 0 Å². The molecule has 0 aromatic heterocycles. The fraction of sp³-hybridized carbons (Fsp3) is 0.562. The summed E-state index contributed by atoms with van der Waals surface area (Å²) in [7, 11) is 0. The first-order valence-corrected chi connectivity index (χ1v) is 7.53. The molecular weight excluding hydrogens is 272 g/mol. The first-order valence-electron chi connectivity index (χ1n) is 7.15. The molecule has 1 saturated carbocycles. The molecule has 1 aromatic carbocycles. The van der Waals surface area contributed by atoms with E-state index in [0.29, 0.717) is 0 Å². The number of benzene rings is 1. The van der Waals surface area contributed by atoms with Crippen LogP contribution < -0.4 is 5.32 Å². The van der Waals surface area contributed by atoms with Crippen LogP contribution in [0.1, 0.15) is 45.3 Å². The van der Waals surface area contributed by atoms with Crippen LogP contribution in [0.3, 0.4) is 0 Å². The largest absolute Gasteiger partial charge is 0.321 e. The summed E-state index contributed by atoms with van der Waals surface area (Å²) in [6.07, 6.45) is 1.88. The number of carbonyl (C=O) groups is 1. The maximum atomic E-state index is 12.7. The molecule has 1 spiro atoms. The maximum absolute atomic E-state index is 12.7. The van der Waals surface area contributed by atoms with Gasteiger partial charge >= 0.3 is 0 Å². The minimum atomic E-state index is -0.282. The fourth-order valence-corrected chi connectivity index (χ4v) is 2.99. The van der Waals surface area contributed by atoms with Crippen molar-refractivity contribution in [2.24, 2.45) is 5.41 Å². The standard InChI is InChI=1S/C16H21ClN2O/c1-15(2,3)10-19-13(11-4-6-12(17)7-5-11)18-16(8-9-16)14(19)20/h4-7,13,18H,8-10H2,1-3H3. The highest BCUT2D eigenvalue weighted by Gasteiger charge is 2.59. The molecular formula is C16H21ClN2O. The van der Waals surface area contributed by atoms with Crippen LogP contribution in [0, 0.1) is 5.41 Å². The van der Waals surface area contributed by atoms with E-state index >= 15 is 0 Å². The van der Waals surface area contributed by atoms with Crippen LogP contribution in [-0.4, -0.2) is 22.9 Å². The Morgan fingerprint density at radius 2 is 1.90 bits per heavy atom. The van der Waals surface area contributed by atoms with Gasteiger partial charge in [0.25, 0.3) is 0 Å². The Morgan fingerprint density at radius 1 is 1.30 bits per heavy atom. The van der Waals surface area contributed by atoms with Crippen LogP contribution in [0.4, 0.5) is 0 Å². The minimum Gasteiger partial charge on any atom is -0.321 e. The van der Waals surface area contributed by atoms with Crippen LogP contribution >= 0.6 is 11.6 Å². The van der Waals surface area contributed by atoms with Crippen molar-refractivity contribution in [1.29, 1.82) is 0 Å². The summed E-state index contributed by atoms with van der Waals surface area (Å²) in [5.41, 5.74) is 0.911. The van der Waals surface area contributed by atoms with E-state index in [9.17, 15) is 4.79 Å². The van der Waals surface area contributed by atoms with Crippen molar-refractivity contribution in [3.63, 3.8) is 0 Å². The molecule has 1 atom stereocenters. The van der Waals surface area contributed by atoms with Gasteiger partial charge in [-0.1, -0.05) is 44.5 Å². The molecule has 1 aliphatic heterocycles. The number of rotatable bonds is 2. The number of nitrogens with one attached hydrogen (secondary N) is 1. The lowest BCUT2D eigenvalue weighted by Gasteiger charge is -2.31. The zero-order chi connectivity index (χ0) is 14.5. The molecule has 1 amide bonds. The van der Waals surface area contributed by atoms with Crippen molar-refractivity contribution in [2.75, 3.05) is 6.54 Å². The second-order valence-corrected chi connectivity index (χ2v) is 7.61. The van der Waals surface area contributed by atoms with Gasteiger partial charge in [-0.25, -0.2) is 0 Å². The Balaban J connectivity index is 1.91. The SMILES string of the molecule is CC(C)(C)CN1C(=O)C2(CC2)NC1c1ccc(Cl)cc1. The van der Waals surface area contributed by atoms with Crippen LogP contribution in [-0.2, 0) is 4.79 Å². The molecule has 2 fully saturated rings. The Morgan fingerprint density at radius 3 is 2.40 bits per heavy atom. The molecule has 108 valence electrons. The summed E-state index contributed by atoms with van der Waals surface area (Å²) in [4.78, 5) is 14.7. The van der Waals surface area contributed by atoms with Crippen molar-refractivity contribution >= 4 is 17.5 Å². The average molecular weight is 293 g/mol. The van der Waals surface area contributed by atoms with Crippen LogP contribution in [0.25, 0.3) is 0 Å². The molecule has 1 unspecified atom stereocenters. The van der Waals surface area contributed by atoms with Gasteiger partial charge in [-0.3, -0.25) is 10.1 Å². The summed E-state index contributed by atoms with van der Waals surface area (Å²) >= 11 is 5.96. The van der Waals surface area contributed by atoms with Crippen molar-refractivity contribution < 1.29 is 4.79 Å². The van der Waals surface area contributed by atoms with Gasteiger partial charge in [0, 0.05) is 11.6 Å². The molecule has 1 aliphatic carbocycles. The highest BCUT2D eigenvalue weighted by atomic mass is 35.5. The summed E-state index contributed by atoms with van der Waals surface area (Å²) in [5.74, 6) is 0.257. The highest BCUT2D eigenvalue weighted by Crippen LogP contribution is 2.46. The Labute approximate surface area is 125 Å². The lowest BCUT2D eigenvalue weighted by atomic mass is 9.95. The fourth-order valence-electron chi connectivity index (χ4n) is 2.86. The molecule has 3 rings (SSSR count). The molecule has 2 aliphatic rings. The minimum absolute atomic E-state index is 0.0264. The lowest BCUT2D eigenvalue weighted by molar-refractivity contribution is -0.132. The third-order valence-corrected chi connectivity index (χ3v) is 4.23. The van der Waals surface area contributed by atoms with Gasteiger partial charge in [0.2, 0.25) is 5.91 Å². The topological polar surface area (TPSA) is 32.3 Å². The van der Waals surface area contributed by atoms with E-state index in [1.165, 1.54) is 0 Å². The number of carbonyl (C=O) groups excluding carboxylic acids is 1. The molecule has 1 N–H and O–H groups in total. The van der Waals surface area contributed by atoms with E-state index in [4.69, 9.17) is 11.6 Å². The third kappa shape index (κ3) is 2.45. The number of halogens is 1. The van der Waals surface area contributed by atoms with E-state index < -0.39 is 0 Å². The van der Waals surface area contributed by atoms with Crippen molar-refractivity contribution in [3.8, 4) is 0 Å². The van der Waals surface area contributed by atoms with Gasteiger partial charge in [-0.15, -0.1) is 0 Å². The number of amides is 1. The van der Waals surface area contributed by atoms with E-state index in [1.807, 2.05) is 29.2 Å². The average Bonchev–Trinajstić information content (AvgIpc) is 3.09. The number of nitrogens with zero attached hydrogens (tertiary/aromatic N) is 1.